The minimum absolute atomic E-state index is 0. The number of fused-ring (bicyclic) bond motifs is 7. The summed E-state index contributed by atoms with van der Waals surface area (Å²) in [5.41, 5.74) is 16.8. The van der Waals surface area contributed by atoms with Gasteiger partial charge in [-0.25, -0.2) is 0 Å². The smallest absolute Gasteiger partial charge is 0 e. The maximum Gasteiger partial charge on any atom is 0 e. The molecule has 0 fully saturated rings. The van der Waals surface area contributed by atoms with E-state index in [-0.39, 0.29) is 25.5 Å². The van der Waals surface area contributed by atoms with Crippen LogP contribution in [-0.4, -0.2) is 32.2 Å². The van der Waals surface area contributed by atoms with E-state index in [4.69, 9.17) is 4.98 Å². The second-order valence-electron chi connectivity index (χ2n) is 20.5. The quantitative estimate of drug-likeness (QED) is 0.118. The molecule has 0 aliphatic heterocycles. The fraction of sp³-hybridized carbons (Fsp3) is 0.213. The zero-order valence-electron chi connectivity index (χ0n) is 40.3. The molecule has 0 N–H and O–H groups in total. The number of hydrogen-bond acceptors (Lipinski definition) is 2. The summed E-state index contributed by atoms with van der Waals surface area (Å²) >= 11 is -1.92. The summed E-state index contributed by atoms with van der Waals surface area (Å²) in [5.74, 6) is 8.92. The number of imidazole rings is 1. The first kappa shape index (κ1) is 46.3. The molecule has 11 aromatic rings. The van der Waals surface area contributed by atoms with Crippen LogP contribution >= 0.6 is 0 Å². The monoisotopic (exact) mass is 1110 g/mol. The number of benzene rings is 7. The van der Waals surface area contributed by atoms with Gasteiger partial charge >= 0.3 is 201 Å². The minimum atomic E-state index is -1.92. The van der Waals surface area contributed by atoms with Gasteiger partial charge in [0.15, 0.2) is 0 Å². The van der Waals surface area contributed by atoms with Gasteiger partial charge in [0.1, 0.15) is 0 Å². The normalized spacial score (nSPS) is 12.2. The van der Waals surface area contributed by atoms with Crippen LogP contribution in [0.25, 0.3) is 88.6 Å². The molecule has 4 nitrogen and oxygen atoms in total. The second kappa shape index (κ2) is 18.0. The van der Waals surface area contributed by atoms with Crippen LogP contribution in [0.4, 0.5) is 0 Å². The zero-order chi connectivity index (χ0) is 46.1. The summed E-state index contributed by atoms with van der Waals surface area (Å²) in [4.78, 5) is 9.82. The van der Waals surface area contributed by atoms with Gasteiger partial charge in [0.2, 0.25) is 0 Å². The first-order valence-corrected chi connectivity index (χ1v) is 30.8. The molecule has 0 bridgehead atoms. The second-order valence-corrected chi connectivity index (χ2v) is 31.2. The predicted octanol–water partition coefficient (Wildman–Crippen LogP) is 15.9. The Kier molecular flexibility index (Phi) is 12.4. The van der Waals surface area contributed by atoms with E-state index in [0.717, 1.165) is 39.1 Å². The van der Waals surface area contributed by atoms with Crippen molar-refractivity contribution >= 4 is 66.8 Å². The van der Waals surface area contributed by atoms with Crippen molar-refractivity contribution in [3.63, 3.8) is 0 Å². The topological polar surface area (TPSA) is 35.1 Å². The van der Waals surface area contributed by atoms with Gasteiger partial charge in [0.25, 0.3) is 0 Å². The van der Waals surface area contributed by atoms with E-state index in [1.807, 2.05) is 30.5 Å². The molecule has 337 valence electrons. The average Bonchev–Trinajstić information content (AvgIpc) is 3.98. The van der Waals surface area contributed by atoms with E-state index in [1.165, 1.54) is 70.6 Å². The van der Waals surface area contributed by atoms with Crippen LogP contribution in [0.15, 0.2) is 158 Å². The Hall–Kier alpha value is -5.85. The SMILES string of the molecule is CC(C)(C)c1ccnc(-c2[c-]cccc2)c1.CC(C)c1cc(-c2cc[c]([Ge]([CH3])([CH3])[CH3])cc2)cc(C(C)C)c1-n1c(-c2[c-]c3c4ccccc4n4c5ccccc5c(c2)c34)nc2ccccc21.[Ir]. The number of para-hydroxylation sites is 4. The molecule has 0 unspecified atom stereocenters. The van der Waals surface area contributed by atoms with Crippen molar-refractivity contribution in [2.45, 2.75) is 83.0 Å². The van der Waals surface area contributed by atoms with E-state index >= 15 is 0 Å². The van der Waals surface area contributed by atoms with Gasteiger partial charge in [0.05, 0.1) is 0 Å². The van der Waals surface area contributed by atoms with Crippen molar-refractivity contribution in [3.8, 4) is 39.5 Å². The summed E-state index contributed by atoms with van der Waals surface area (Å²) in [6.45, 7) is 15.9. The Balaban J connectivity index is 0.000000281. The van der Waals surface area contributed by atoms with Crippen molar-refractivity contribution in [1.82, 2.24) is 18.9 Å². The molecule has 1 radical (unpaired) electrons. The van der Waals surface area contributed by atoms with Crippen molar-refractivity contribution in [1.29, 1.82) is 0 Å². The number of rotatable bonds is 7. The molecule has 0 spiro atoms. The molecule has 4 aromatic heterocycles. The maximum absolute atomic E-state index is 5.42. The molecule has 0 atom stereocenters. The van der Waals surface area contributed by atoms with Crippen LogP contribution in [0, 0.1) is 12.1 Å². The Morgan fingerprint density at radius 1 is 0.597 bits per heavy atom. The third kappa shape index (κ3) is 8.45. The van der Waals surface area contributed by atoms with Gasteiger partial charge in [-0.15, -0.1) is 35.9 Å². The van der Waals surface area contributed by atoms with Crippen molar-refractivity contribution in [2.75, 3.05) is 0 Å². The molecule has 0 saturated carbocycles. The molecule has 0 amide bonds. The molecule has 0 aliphatic rings. The Morgan fingerprint density at radius 3 is 1.84 bits per heavy atom. The molecule has 67 heavy (non-hydrogen) atoms. The molecular weight excluding hydrogens is 1050 g/mol. The Bertz CT molecular complexity index is 3440. The van der Waals surface area contributed by atoms with Gasteiger partial charge < -0.3 is 9.38 Å². The number of pyridine rings is 1. The zero-order valence-corrected chi connectivity index (χ0v) is 44.8. The molecule has 4 heterocycles. The average molecular weight is 1110 g/mol. The first-order chi connectivity index (χ1) is 31.7. The largest absolute Gasteiger partial charge is 0 e. The summed E-state index contributed by atoms with van der Waals surface area (Å²) < 4.78 is 6.40. The maximum atomic E-state index is 5.42. The third-order valence-corrected chi connectivity index (χ3v) is 17.6. The van der Waals surface area contributed by atoms with Gasteiger partial charge in [-0.3, -0.25) is 0 Å². The van der Waals surface area contributed by atoms with Crippen LogP contribution in [0.2, 0.25) is 17.3 Å². The standard InChI is InChI=1S/C46H42GeN3.C15H16N.Ir/c1-28(2)36-24-31(30-20-22-33(23-21-30)47(5,6)7)25-37(29(3)4)44(36)50-43-19-13-10-16-40(43)48-46(50)32-26-38-34-14-8-11-17-41(34)49-42-18-12-9-15-35(42)39(27-32)45(38)49;1-15(2,3)13-9-10-16-14(11-13)12-7-5-4-6-8-12;/h8-26,28-29H,1-7H3;4-7,9-11H,1-3H3;/q2*-1;. The summed E-state index contributed by atoms with van der Waals surface area (Å²) in [6.07, 6.45) is 1.87. The third-order valence-electron chi connectivity index (χ3n) is 13.2. The minimum Gasteiger partial charge on any atom is 0 e. The van der Waals surface area contributed by atoms with E-state index in [9.17, 15) is 0 Å². The number of nitrogens with zero attached hydrogens (tertiary/aromatic N) is 4. The van der Waals surface area contributed by atoms with Crippen LogP contribution in [0.1, 0.15) is 77.0 Å². The molecule has 6 heteroatoms. The van der Waals surface area contributed by atoms with Crippen LogP contribution in [0.5, 0.6) is 0 Å². The van der Waals surface area contributed by atoms with Gasteiger partial charge in [-0.2, -0.15) is 0 Å². The van der Waals surface area contributed by atoms with E-state index in [2.05, 4.69) is 219 Å². The molecule has 7 aromatic carbocycles. The van der Waals surface area contributed by atoms with Crippen molar-refractivity contribution < 1.29 is 20.1 Å². The summed E-state index contributed by atoms with van der Waals surface area (Å²) in [6, 6.07) is 62.1. The Labute approximate surface area is 412 Å². The fourth-order valence-corrected chi connectivity index (χ4v) is 12.1. The van der Waals surface area contributed by atoms with E-state index in [1.54, 1.807) is 0 Å². The van der Waals surface area contributed by atoms with E-state index < -0.39 is 13.3 Å². The summed E-state index contributed by atoms with van der Waals surface area (Å²) in [5, 5.41) is 4.87. The molecule has 11 rings (SSSR count). The predicted molar refractivity (Wildman–Crippen MR) is 284 cm³/mol. The number of aromatic nitrogens is 4. The van der Waals surface area contributed by atoms with Gasteiger partial charge in [0, 0.05) is 37.3 Å². The molecule has 0 aliphatic carbocycles. The number of hydrogen-bond donors (Lipinski definition) is 0. The fourth-order valence-electron chi connectivity index (χ4n) is 9.66. The van der Waals surface area contributed by atoms with Gasteiger partial charge in [-0.05, 0) is 45.8 Å². The first-order valence-electron chi connectivity index (χ1n) is 23.5. The summed E-state index contributed by atoms with van der Waals surface area (Å²) in [7, 11) is 0. The van der Waals surface area contributed by atoms with Crippen molar-refractivity contribution in [2.24, 2.45) is 0 Å². The Morgan fingerprint density at radius 2 is 1.21 bits per heavy atom. The van der Waals surface area contributed by atoms with Crippen LogP contribution in [0.3, 0.4) is 0 Å². The van der Waals surface area contributed by atoms with Gasteiger partial charge in [-0.1, -0.05) is 85.5 Å². The molecular formula is C61H58GeIrN4-2. The van der Waals surface area contributed by atoms with Crippen molar-refractivity contribution in [3.05, 3.63) is 187 Å². The van der Waals surface area contributed by atoms with Crippen LogP contribution in [-0.2, 0) is 25.5 Å². The van der Waals surface area contributed by atoms with Crippen LogP contribution < -0.4 is 4.40 Å². The van der Waals surface area contributed by atoms with E-state index in [0.29, 0.717) is 11.8 Å². The molecule has 0 saturated heterocycles.